The van der Waals surface area contributed by atoms with Crippen LogP contribution in [0.25, 0.3) is 0 Å². The number of furan rings is 1. The molecule has 0 aliphatic rings. The minimum atomic E-state index is -4.14. The molecule has 8 nitrogen and oxygen atoms in total. The number of benzene rings is 1. The highest BCUT2D eigenvalue weighted by molar-refractivity contribution is 7.89. The first-order chi connectivity index (χ1) is 11.3. The van der Waals surface area contributed by atoms with E-state index < -0.39 is 21.8 Å². The number of hydrogen-bond donors (Lipinski definition) is 3. The summed E-state index contributed by atoms with van der Waals surface area (Å²) < 4.78 is 29.0. The Morgan fingerprint density at radius 1 is 1.08 bits per heavy atom. The maximum Gasteiger partial charge on any atom is 0.324 e. The van der Waals surface area contributed by atoms with Gasteiger partial charge in [0.15, 0.2) is 0 Å². The third-order valence-corrected chi connectivity index (χ3v) is 4.32. The van der Waals surface area contributed by atoms with Gasteiger partial charge < -0.3 is 9.73 Å². The van der Waals surface area contributed by atoms with Crippen molar-refractivity contribution >= 4 is 45.0 Å². The van der Waals surface area contributed by atoms with E-state index in [2.05, 4.69) is 5.32 Å². The van der Waals surface area contributed by atoms with Crippen LogP contribution in [-0.2, 0) is 26.2 Å². The number of rotatable bonds is 5. The van der Waals surface area contributed by atoms with E-state index in [-0.39, 0.29) is 21.5 Å². The highest BCUT2D eigenvalue weighted by atomic mass is 35.5. The second-order valence-corrected chi connectivity index (χ2v) is 6.98. The summed E-state index contributed by atoms with van der Waals surface area (Å²) in [7, 11) is -4.14. The lowest BCUT2D eigenvalue weighted by Crippen LogP contribution is -2.48. The Morgan fingerprint density at radius 2 is 1.75 bits per heavy atom. The molecule has 11 heteroatoms. The second kappa shape index (κ2) is 7.67. The molecule has 1 heterocycles. The molecule has 0 saturated heterocycles. The van der Waals surface area contributed by atoms with E-state index in [4.69, 9.17) is 27.6 Å². The normalized spacial score (nSPS) is 11.1. The molecule has 0 aliphatic carbocycles. The van der Waals surface area contributed by atoms with Crippen LogP contribution in [0.3, 0.4) is 0 Å². The van der Waals surface area contributed by atoms with E-state index in [1.165, 1.54) is 12.3 Å². The fourth-order valence-electron chi connectivity index (χ4n) is 1.57. The molecular weight excluding hydrogens is 381 g/mol. The van der Waals surface area contributed by atoms with Crippen LogP contribution < -0.4 is 15.6 Å². The van der Waals surface area contributed by atoms with E-state index in [1.807, 2.05) is 0 Å². The van der Waals surface area contributed by atoms with Gasteiger partial charge in [-0.2, -0.15) is 0 Å². The number of carbonyl (C=O) groups is 2. The lowest BCUT2D eigenvalue weighted by Gasteiger charge is -2.09. The van der Waals surface area contributed by atoms with Crippen molar-refractivity contribution in [3.63, 3.8) is 0 Å². The fourth-order valence-corrected chi connectivity index (χ4v) is 3.14. The van der Waals surface area contributed by atoms with Crippen LogP contribution in [0.2, 0.25) is 10.0 Å². The molecule has 24 heavy (non-hydrogen) atoms. The summed E-state index contributed by atoms with van der Waals surface area (Å²) >= 11 is 11.4. The number of sulfonamides is 1. The van der Waals surface area contributed by atoms with Crippen LogP contribution in [0.1, 0.15) is 5.76 Å². The van der Waals surface area contributed by atoms with Crippen molar-refractivity contribution in [2.24, 2.45) is 0 Å². The van der Waals surface area contributed by atoms with Crippen molar-refractivity contribution in [1.82, 2.24) is 15.6 Å². The van der Waals surface area contributed by atoms with Crippen LogP contribution in [0.5, 0.6) is 0 Å². The average molecular weight is 392 g/mol. The summed E-state index contributed by atoms with van der Waals surface area (Å²) in [6, 6.07) is 6.84. The molecule has 2 aromatic rings. The Morgan fingerprint density at radius 3 is 2.33 bits per heavy atom. The molecule has 3 N–H and O–H groups in total. The van der Waals surface area contributed by atoms with Gasteiger partial charge in [-0.25, -0.2) is 8.42 Å². The smallest absolute Gasteiger partial charge is 0.324 e. The second-order valence-electron chi connectivity index (χ2n) is 4.43. The Hall–Kier alpha value is -2.07. The Bertz CT molecular complexity index is 832. The number of nitrogens with one attached hydrogen (secondary N) is 3. The van der Waals surface area contributed by atoms with Crippen molar-refractivity contribution in [1.29, 1.82) is 0 Å². The topological polar surface area (TPSA) is 118 Å². The molecule has 0 bridgehead atoms. The SMILES string of the molecule is O=C(NCc1ccco1)C(=O)NNS(=O)(=O)c1cc(Cl)cc(Cl)c1. The van der Waals surface area contributed by atoms with E-state index in [0.717, 1.165) is 12.1 Å². The number of halogens is 2. The van der Waals surface area contributed by atoms with Gasteiger partial charge in [0.25, 0.3) is 10.0 Å². The largest absolute Gasteiger partial charge is 0.467 e. The third-order valence-electron chi connectivity index (χ3n) is 2.65. The number of hydrazine groups is 1. The molecule has 0 radical (unpaired) electrons. The number of hydrogen-bond acceptors (Lipinski definition) is 5. The molecular formula is C13H11Cl2N3O5S. The Labute approximate surface area is 147 Å². The van der Waals surface area contributed by atoms with E-state index >= 15 is 0 Å². The van der Waals surface area contributed by atoms with Crippen molar-refractivity contribution in [3.05, 3.63) is 52.4 Å². The molecule has 0 aliphatic heterocycles. The van der Waals surface area contributed by atoms with Gasteiger partial charge in [-0.05, 0) is 30.3 Å². The van der Waals surface area contributed by atoms with Crippen LogP contribution in [-0.4, -0.2) is 20.2 Å². The van der Waals surface area contributed by atoms with Gasteiger partial charge >= 0.3 is 11.8 Å². The molecule has 2 rings (SSSR count). The summed E-state index contributed by atoms with van der Waals surface area (Å²) in [6.45, 7) is -0.0180. The summed E-state index contributed by atoms with van der Waals surface area (Å²) in [6.07, 6.45) is 1.41. The maximum absolute atomic E-state index is 12.0. The monoisotopic (exact) mass is 391 g/mol. The Kier molecular flexibility index (Phi) is 5.84. The van der Waals surface area contributed by atoms with Gasteiger partial charge in [-0.3, -0.25) is 15.0 Å². The van der Waals surface area contributed by atoms with Crippen LogP contribution in [0.4, 0.5) is 0 Å². The zero-order valence-electron chi connectivity index (χ0n) is 11.9. The summed E-state index contributed by atoms with van der Waals surface area (Å²) in [5.41, 5.74) is 1.78. The molecule has 1 aromatic carbocycles. The lowest BCUT2D eigenvalue weighted by atomic mass is 10.4. The first-order valence-electron chi connectivity index (χ1n) is 6.36. The van der Waals surface area contributed by atoms with E-state index in [0.29, 0.717) is 5.76 Å². The first-order valence-corrected chi connectivity index (χ1v) is 8.60. The third kappa shape index (κ3) is 4.96. The van der Waals surface area contributed by atoms with Crippen molar-refractivity contribution in [3.8, 4) is 0 Å². The van der Waals surface area contributed by atoms with E-state index in [1.54, 1.807) is 22.4 Å². The molecule has 2 amide bonds. The number of amides is 2. The van der Waals surface area contributed by atoms with Gasteiger partial charge in [0.1, 0.15) is 5.76 Å². The molecule has 0 saturated carbocycles. The Balaban J connectivity index is 1.93. The summed E-state index contributed by atoms with van der Waals surface area (Å²) in [4.78, 5) is 24.6. The minimum Gasteiger partial charge on any atom is -0.467 e. The van der Waals surface area contributed by atoms with Gasteiger partial charge in [0, 0.05) is 10.0 Å². The summed E-state index contributed by atoms with van der Waals surface area (Å²) in [5.74, 6) is -1.80. The zero-order chi connectivity index (χ0) is 17.7. The van der Waals surface area contributed by atoms with Crippen LogP contribution in [0.15, 0.2) is 45.9 Å². The standard InChI is InChI=1S/C13H11Cl2N3O5S/c14-8-4-9(15)6-11(5-8)24(21,22)18-17-13(20)12(19)16-7-10-2-1-3-23-10/h1-6,18H,7H2,(H,16,19)(H,17,20). The predicted molar refractivity (Wildman–Crippen MR) is 85.5 cm³/mol. The van der Waals surface area contributed by atoms with Gasteiger partial charge in [0.2, 0.25) is 0 Å². The first kappa shape index (κ1) is 18.3. The molecule has 128 valence electrons. The van der Waals surface area contributed by atoms with Gasteiger partial charge in [-0.1, -0.05) is 23.2 Å². The van der Waals surface area contributed by atoms with E-state index in [9.17, 15) is 18.0 Å². The van der Waals surface area contributed by atoms with Crippen molar-refractivity contribution < 1.29 is 22.4 Å². The highest BCUT2D eigenvalue weighted by Gasteiger charge is 2.19. The predicted octanol–water partition coefficient (Wildman–Crippen LogP) is 1.21. The van der Waals surface area contributed by atoms with Gasteiger partial charge in [-0.15, -0.1) is 4.83 Å². The molecule has 0 atom stereocenters. The zero-order valence-corrected chi connectivity index (χ0v) is 14.2. The van der Waals surface area contributed by atoms with Gasteiger partial charge in [0.05, 0.1) is 17.7 Å². The van der Waals surface area contributed by atoms with Crippen molar-refractivity contribution in [2.45, 2.75) is 11.4 Å². The fraction of sp³-hybridized carbons (Fsp3) is 0.0769. The van der Waals surface area contributed by atoms with Crippen LogP contribution >= 0.6 is 23.2 Å². The molecule has 0 unspecified atom stereocenters. The quantitative estimate of drug-likeness (QED) is 0.522. The minimum absolute atomic E-state index is 0.0180. The average Bonchev–Trinajstić information content (AvgIpc) is 3.02. The highest BCUT2D eigenvalue weighted by Crippen LogP contribution is 2.21. The maximum atomic E-state index is 12.0. The number of carbonyl (C=O) groups excluding carboxylic acids is 2. The molecule has 1 aromatic heterocycles. The molecule has 0 fully saturated rings. The van der Waals surface area contributed by atoms with Crippen LogP contribution in [0, 0.1) is 0 Å². The summed E-state index contributed by atoms with van der Waals surface area (Å²) in [5, 5.41) is 2.46. The van der Waals surface area contributed by atoms with Crippen molar-refractivity contribution in [2.75, 3.05) is 0 Å². The lowest BCUT2D eigenvalue weighted by molar-refractivity contribution is -0.139. The molecule has 0 spiro atoms.